The number of hydrogen-bond acceptors (Lipinski definition) is 2. The summed E-state index contributed by atoms with van der Waals surface area (Å²) in [6.45, 7) is 4.46. The van der Waals surface area contributed by atoms with E-state index >= 15 is 0 Å². The maximum atomic E-state index is 12.6. The van der Waals surface area contributed by atoms with Crippen molar-refractivity contribution in [2.75, 3.05) is 33.7 Å². The third kappa shape index (κ3) is 3.54. The van der Waals surface area contributed by atoms with Crippen LogP contribution < -0.4 is 0 Å². The Kier molecular flexibility index (Phi) is 5.09. The molecular weight excluding hydrogens is 310 g/mol. The van der Waals surface area contributed by atoms with Crippen LogP contribution in [0.25, 0.3) is 21.8 Å². The van der Waals surface area contributed by atoms with Gasteiger partial charge in [0.1, 0.15) is 0 Å². The van der Waals surface area contributed by atoms with Crippen LogP contribution in [-0.4, -0.2) is 54.0 Å². The molecule has 1 heterocycles. The lowest BCUT2D eigenvalue weighted by atomic mass is 10.1. The highest BCUT2D eigenvalue weighted by Gasteiger charge is 2.14. The molecule has 4 heteroatoms. The molecule has 0 atom stereocenters. The topological polar surface area (TPSA) is 28.5 Å². The molecule has 132 valence electrons. The molecule has 0 unspecified atom stereocenters. The van der Waals surface area contributed by atoms with Gasteiger partial charge in [0.2, 0.25) is 5.91 Å². The molecule has 0 saturated carbocycles. The van der Waals surface area contributed by atoms with Gasteiger partial charge < -0.3 is 14.4 Å². The lowest BCUT2D eigenvalue weighted by molar-refractivity contribution is -0.130. The fourth-order valence-electron chi connectivity index (χ4n) is 3.38. The fourth-order valence-corrected chi connectivity index (χ4v) is 3.38. The van der Waals surface area contributed by atoms with Gasteiger partial charge in [-0.15, -0.1) is 0 Å². The Balaban J connectivity index is 1.85. The highest BCUT2D eigenvalue weighted by Crippen LogP contribution is 2.28. The number of nitrogens with zero attached hydrogens (tertiary/aromatic N) is 3. The molecule has 0 spiro atoms. The molecule has 4 nitrogen and oxygen atoms in total. The summed E-state index contributed by atoms with van der Waals surface area (Å²) in [6.07, 6.45) is 0.457. The van der Waals surface area contributed by atoms with E-state index in [4.69, 9.17) is 0 Å². The summed E-state index contributed by atoms with van der Waals surface area (Å²) in [5.74, 6) is 0.197. The van der Waals surface area contributed by atoms with E-state index in [1.165, 1.54) is 21.8 Å². The standard InChI is InChI=1S/C21H27N3O/c1-5-24(13-12-22(2)3)21(25)15-16-10-11-18-17-8-6-7-9-19(17)23(4)20(18)14-16/h6-11,14H,5,12-13,15H2,1-4H3. The zero-order valence-corrected chi connectivity index (χ0v) is 15.6. The van der Waals surface area contributed by atoms with Crippen molar-refractivity contribution in [1.82, 2.24) is 14.4 Å². The number of aryl methyl sites for hydroxylation is 1. The van der Waals surface area contributed by atoms with Crippen molar-refractivity contribution < 1.29 is 4.79 Å². The number of rotatable bonds is 6. The van der Waals surface area contributed by atoms with Gasteiger partial charge in [0.15, 0.2) is 0 Å². The number of fused-ring (bicyclic) bond motifs is 3. The van der Waals surface area contributed by atoms with Crippen molar-refractivity contribution in [3.8, 4) is 0 Å². The Morgan fingerprint density at radius 3 is 2.44 bits per heavy atom. The average molecular weight is 337 g/mol. The first-order chi connectivity index (χ1) is 12.0. The van der Waals surface area contributed by atoms with Crippen molar-refractivity contribution >= 4 is 27.7 Å². The molecule has 1 amide bonds. The SMILES string of the molecule is CCN(CCN(C)C)C(=O)Cc1ccc2c3ccccc3n(C)c2c1. The lowest BCUT2D eigenvalue weighted by Gasteiger charge is -2.23. The Bertz CT molecular complexity index is 895. The van der Waals surface area contributed by atoms with Gasteiger partial charge in [0.25, 0.3) is 0 Å². The van der Waals surface area contributed by atoms with Crippen LogP contribution in [0.4, 0.5) is 0 Å². The fraction of sp³-hybridized carbons (Fsp3) is 0.381. The Labute approximate surface area is 149 Å². The van der Waals surface area contributed by atoms with Crippen LogP contribution in [0.5, 0.6) is 0 Å². The molecular formula is C21H27N3O. The number of likely N-dealkylation sites (N-methyl/N-ethyl adjacent to an activating group) is 2. The molecule has 0 aliphatic rings. The predicted molar refractivity (Wildman–Crippen MR) is 105 cm³/mol. The smallest absolute Gasteiger partial charge is 0.227 e. The third-order valence-electron chi connectivity index (χ3n) is 4.89. The summed E-state index contributed by atoms with van der Waals surface area (Å²) in [7, 11) is 6.16. The second-order valence-electron chi connectivity index (χ2n) is 6.88. The first-order valence-corrected chi connectivity index (χ1v) is 8.89. The first-order valence-electron chi connectivity index (χ1n) is 8.89. The van der Waals surface area contributed by atoms with E-state index in [9.17, 15) is 4.79 Å². The minimum absolute atomic E-state index is 0.197. The maximum Gasteiger partial charge on any atom is 0.227 e. The van der Waals surface area contributed by atoms with Crippen LogP contribution in [0.2, 0.25) is 0 Å². The molecule has 25 heavy (non-hydrogen) atoms. The zero-order chi connectivity index (χ0) is 18.0. The van der Waals surface area contributed by atoms with Gasteiger partial charge in [0, 0.05) is 48.5 Å². The van der Waals surface area contributed by atoms with E-state index in [-0.39, 0.29) is 5.91 Å². The normalized spacial score (nSPS) is 11.6. The van der Waals surface area contributed by atoms with E-state index in [1.54, 1.807) is 0 Å². The molecule has 3 rings (SSSR count). The molecule has 3 aromatic rings. The molecule has 0 aliphatic carbocycles. The number of benzene rings is 2. The highest BCUT2D eigenvalue weighted by molar-refractivity contribution is 6.08. The quantitative estimate of drug-likeness (QED) is 0.690. The van der Waals surface area contributed by atoms with Crippen molar-refractivity contribution in [2.24, 2.45) is 7.05 Å². The van der Waals surface area contributed by atoms with Gasteiger partial charge in [0.05, 0.1) is 6.42 Å². The molecule has 0 aliphatic heterocycles. The monoisotopic (exact) mass is 337 g/mol. The van der Waals surface area contributed by atoms with Gasteiger partial charge in [-0.1, -0.05) is 30.3 Å². The second-order valence-corrected chi connectivity index (χ2v) is 6.88. The van der Waals surface area contributed by atoms with Crippen LogP contribution in [0.1, 0.15) is 12.5 Å². The first kappa shape index (κ1) is 17.5. The van der Waals surface area contributed by atoms with Gasteiger partial charge in [-0.25, -0.2) is 0 Å². The number of carbonyl (C=O) groups excluding carboxylic acids is 1. The number of amides is 1. The zero-order valence-electron chi connectivity index (χ0n) is 15.6. The van der Waals surface area contributed by atoms with Crippen molar-refractivity contribution in [3.05, 3.63) is 48.0 Å². The highest BCUT2D eigenvalue weighted by atomic mass is 16.2. The largest absolute Gasteiger partial charge is 0.344 e. The maximum absolute atomic E-state index is 12.6. The number of para-hydroxylation sites is 1. The average Bonchev–Trinajstić information content (AvgIpc) is 2.88. The predicted octanol–water partition coefficient (Wildman–Crippen LogP) is 3.28. The van der Waals surface area contributed by atoms with Crippen LogP contribution in [-0.2, 0) is 18.3 Å². The van der Waals surface area contributed by atoms with E-state index in [0.717, 1.165) is 25.2 Å². The minimum Gasteiger partial charge on any atom is -0.344 e. The van der Waals surface area contributed by atoms with Crippen molar-refractivity contribution in [1.29, 1.82) is 0 Å². The van der Waals surface area contributed by atoms with E-state index < -0.39 is 0 Å². The Morgan fingerprint density at radius 2 is 1.72 bits per heavy atom. The number of hydrogen-bond donors (Lipinski definition) is 0. The Hall–Kier alpha value is -2.33. The van der Waals surface area contributed by atoms with Crippen LogP contribution in [0, 0.1) is 0 Å². The molecule has 0 saturated heterocycles. The number of carbonyl (C=O) groups is 1. The second kappa shape index (κ2) is 7.28. The molecule has 0 bridgehead atoms. The third-order valence-corrected chi connectivity index (χ3v) is 4.89. The van der Waals surface area contributed by atoms with Crippen molar-refractivity contribution in [2.45, 2.75) is 13.3 Å². The Morgan fingerprint density at radius 1 is 1.00 bits per heavy atom. The van der Waals surface area contributed by atoms with E-state index in [0.29, 0.717) is 6.42 Å². The van der Waals surface area contributed by atoms with E-state index in [1.807, 2.05) is 25.9 Å². The molecule has 1 aromatic heterocycles. The molecule has 0 fully saturated rings. The summed E-state index contributed by atoms with van der Waals surface area (Å²) >= 11 is 0. The van der Waals surface area contributed by atoms with Gasteiger partial charge in [-0.05, 0) is 38.7 Å². The van der Waals surface area contributed by atoms with Crippen LogP contribution in [0.15, 0.2) is 42.5 Å². The lowest BCUT2D eigenvalue weighted by Crippen LogP contribution is -2.37. The summed E-state index contributed by atoms with van der Waals surface area (Å²) in [4.78, 5) is 16.7. The molecule has 0 radical (unpaired) electrons. The van der Waals surface area contributed by atoms with Crippen LogP contribution >= 0.6 is 0 Å². The number of aromatic nitrogens is 1. The van der Waals surface area contributed by atoms with Gasteiger partial charge in [-0.3, -0.25) is 4.79 Å². The van der Waals surface area contributed by atoms with E-state index in [2.05, 4.69) is 59.0 Å². The molecule has 0 N–H and O–H groups in total. The summed E-state index contributed by atoms with van der Waals surface area (Å²) in [5, 5.41) is 2.51. The van der Waals surface area contributed by atoms with Crippen molar-refractivity contribution in [3.63, 3.8) is 0 Å². The van der Waals surface area contributed by atoms with Gasteiger partial charge >= 0.3 is 0 Å². The summed E-state index contributed by atoms with van der Waals surface area (Å²) in [5.41, 5.74) is 3.48. The summed E-state index contributed by atoms with van der Waals surface area (Å²) in [6, 6.07) is 14.8. The molecule has 2 aromatic carbocycles. The minimum atomic E-state index is 0.197. The summed E-state index contributed by atoms with van der Waals surface area (Å²) < 4.78 is 2.21. The van der Waals surface area contributed by atoms with Crippen LogP contribution in [0.3, 0.4) is 0 Å². The van der Waals surface area contributed by atoms with Gasteiger partial charge in [-0.2, -0.15) is 0 Å².